The molecular weight excluding hydrogens is 192 g/mol. The van der Waals surface area contributed by atoms with Crippen molar-refractivity contribution in [1.82, 2.24) is 0 Å². The molecule has 2 fully saturated rings. The summed E-state index contributed by atoms with van der Waals surface area (Å²) >= 11 is 0. The Labute approximate surface area is 90.8 Å². The van der Waals surface area contributed by atoms with Crippen LogP contribution in [0.25, 0.3) is 0 Å². The van der Waals surface area contributed by atoms with E-state index >= 15 is 0 Å². The van der Waals surface area contributed by atoms with E-state index in [1.54, 1.807) is 0 Å². The molecule has 0 radical (unpaired) electrons. The van der Waals surface area contributed by atoms with Crippen LogP contribution in [-0.2, 0) is 9.53 Å². The first-order valence-corrected chi connectivity index (χ1v) is 6.07. The zero-order valence-electron chi connectivity index (χ0n) is 9.21. The molecule has 1 heterocycles. The molecule has 0 bridgehead atoms. The third-order valence-corrected chi connectivity index (χ3v) is 4.11. The van der Waals surface area contributed by atoms with Crippen molar-refractivity contribution >= 4 is 5.97 Å². The van der Waals surface area contributed by atoms with Gasteiger partial charge >= 0.3 is 5.97 Å². The van der Waals surface area contributed by atoms with E-state index in [2.05, 4.69) is 0 Å². The van der Waals surface area contributed by atoms with E-state index in [9.17, 15) is 9.90 Å². The van der Waals surface area contributed by atoms with Crippen molar-refractivity contribution in [3.63, 3.8) is 0 Å². The Kier molecular flexibility index (Phi) is 3.29. The first-order chi connectivity index (χ1) is 7.26. The fourth-order valence-corrected chi connectivity index (χ4v) is 3.08. The number of ether oxygens (including phenoxy) is 1. The van der Waals surface area contributed by atoms with Gasteiger partial charge in [0.05, 0.1) is 12.0 Å². The lowest BCUT2D eigenvalue weighted by Crippen LogP contribution is -2.39. The molecule has 1 saturated carbocycles. The maximum atomic E-state index is 11.5. The first-order valence-electron chi connectivity index (χ1n) is 6.07. The molecule has 0 aromatic carbocycles. The fourth-order valence-electron chi connectivity index (χ4n) is 3.08. The highest BCUT2D eigenvalue weighted by molar-refractivity contribution is 5.75. The Bertz CT molecular complexity index is 223. The summed E-state index contributed by atoms with van der Waals surface area (Å²) in [6.07, 6.45) is 7.80. The molecule has 1 N–H and O–H groups in total. The molecular formula is C12H20O3. The Morgan fingerprint density at radius 2 is 1.87 bits per heavy atom. The van der Waals surface area contributed by atoms with Crippen LogP contribution in [0.1, 0.15) is 44.9 Å². The second-order valence-corrected chi connectivity index (χ2v) is 4.95. The van der Waals surface area contributed by atoms with Crippen LogP contribution in [-0.4, -0.2) is 24.3 Å². The molecule has 1 atom stereocenters. The van der Waals surface area contributed by atoms with Crippen LogP contribution in [0, 0.1) is 11.3 Å². The van der Waals surface area contributed by atoms with Crippen LogP contribution >= 0.6 is 0 Å². The van der Waals surface area contributed by atoms with Crippen LogP contribution < -0.4 is 0 Å². The largest absolute Gasteiger partial charge is 0.481 e. The van der Waals surface area contributed by atoms with Gasteiger partial charge in [-0.3, -0.25) is 4.79 Å². The van der Waals surface area contributed by atoms with Crippen LogP contribution in [0.15, 0.2) is 0 Å². The Morgan fingerprint density at radius 1 is 1.20 bits per heavy atom. The second-order valence-electron chi connectivity index (χ2n) is 4.95. The SMILES string of the molecule is O=C(O)C1(C2CCCCCC2)CCOC1. The smallest absolute Gasteiger partial charge is 0.312 e. The van der Waals surface area contributed by atoms with E-state index in [-0.39, 0.29) is 0 Å². The van der Waals surface area contributed by atoms with E-state index in [0.717, 1.165) is 12.8 Å². The molecule has 0 aromatic rings. The highest BCUT2D eigenvalue weighted by Crippen LogP contribution is 2.43. The number of carboxylic acid groups (broad SMARTS) is 1. The van der Waals surface area contributed by atoms with Gasteiger partial charge in [0, 0.05) is 6.61 Å². The van der Waals surface area contributed by atoms with Gasteiger partial charge in [0.2, 0.25) is 0 Å². The average Bonchev–Trinajstić information content (AvgIpc) is 2.56. The molecule has 2 aliphatic rings. The maximum absolute atomic E-state index is 11.5. The second kappa shape index (κ2) is 4.52. The molecule has 0 amide bonds. The van der Waals surface area contributed by atoms with Gasteiger partial charge in [-0.1, -0.05) is 25.7 Å². The van der Waals surface area contributed by atoms with Gasteiger partial charge in [0.1, 0.15) is 0 Å². The number of rotatable bonds is 2. The number of hydrogen-bond donors (Lipinski definition) is 1. The van der Waals surface area contributed by atoms with Crippen molar-refractivity contribution in [2.24, 2.45) is 11.3 Å². The van der Waals surface area contributed by atoms with Gasteiger partial charge in [0.25, 0.3) is 0 Å². The fraction of sp³-hybridized carbons (Fsp3) is 0.917. The number of carbonyl (C=O) groups is 1. The maximum Gasteiger partial charge on any atom is 0.312 e. The molecule has 0 aromatic heterocycles. The molecule has 1 saturated heterocycles. The highest BCUT2D eigenvalue weighted by atomic mass is 16.5. The lowest BCUT2D eigenvalue weighted by atomic mass is 9.71. The summed E-state index contributed by atoms with van der Waals surface area (Å²) in [6, 6.07) is 0. The van der Waals surface area contributed by atoms with Crippen molar-refractivity contribution in [2.75, 3.05) is 13.2 Å². The van der Waals surface area contributed by atoms with Gasteiger partial charge in [-0.15, -0.1) is 0 Å². The molecule has 3 heteroatoms. The quantitative estimate of drug-likeness (QED) is 0.715. The minimum absolute atomic E-state index is 0.347. The first kappa shape index (κ1) is 10.9. The summed E-state index contributed by atoms with van der Waals surface area (Å²) in [7, 11) is 0. The zero-order valence-corrected chi connectivity index (χ0v) is 9.21. The molecule has 1 aliphatic heterocycles. The molecule has 2 rings (SSSR count). The van der Waals surface area contributed by atoms with Gasteiger partial charge in [0.15, 0.2) is 0 Å². The van der Waals surface area contributed by atoms with Crippen LogP contribution in [0.3, 0.4) is 0 Å². The normalized spacial score (nSPS) is 33.9. The monoisotopic (exact) mass is 212 g/mol. The third kappa shape index (κ3) is 2.03. The van der Waals surface area contributed by atoms with E-state index in [1.165, 1.54) is 25.7 Å². The molecule has 1 aliphatic carbocycles. The van der Waals surface area contributed by atoms with Crippen LogP contribution in [0.2, 0.25) is 0 Å². The summed E-state index contributed by atoms with van der Waals surface area (Å²) < 4.78 is 5.33. The minimum Gasteiger partial charge on any atom is -0.481 e. The van der Waals surface area contributed by atoms with E-state index in [4.69, 9.17) is 4.74 Å². The lowest BCUT2D eigenvalue weighted by molar-refractivity contribution is -0.153. The average molecular weight is 212 g/mol. The topological polar surface area (TPSA) is 46.5 Å². The zero-order chi connectivity index (χ0) is 10.7. The van der Waals surface area contributed by atoms with E-state index < -0.39 is 11.4 Å². The molecule has 0 spiro atoms. The highest BCUT2D eigenvalue weighted by Gasteiger charge is 2.48. The Balaban J connectivity index is 2.12. The van der Waals surface area contributed by atoms with Gasteiger partial charge < -0.3 is 9.84 Å². The van der Waals surface area contributed by atoms with Crippen molar-refractivity contribution < 1.29 is 14.6 Å². The minimum atomic E-state index is -0.632. The van der Waals surface area contributed by atoms with Crippen molar-refractivity contribution in [1.29, 1.82) is 0 Å². The summed E-state index contributed by atoms with van der Waals surface area (Å²) in [5, 5.41) is 9.43. The summed E-state index contributed by atoms with van der Waals surface area (Å²) in [6.45, 7) is 1.07. The molecule has 86 valence electrons. The standard InChI is InChI=1S/C12H20O3/c13-11(14)12(7-8-15-9-12)10-5-3-1-2-4-6-10/h10H,1-9H2,(H,13,14). The predicted molar refractivity (Wildman–Crippen MR) is 56.7 cm³/mol. The summed E-state index contributed by atoms with van der Waals surface area (Å²) in [5.41, 5.74) is -0.551. The third-order valence-electron chi connectivity index (χ3n) is 4.11. The van der Waals surface area contributed by atoms with Crippen LogP contribution in [0.5, 0.6) is 0 Å². The number of hydrogen-bond acceptors (Lipinski definition) is 2. The molecule has 1 unspecified atom stereocenters. The Morgan fingerprint density at radius 3 is 2.33 bits per heavy atom. The Hall–Kier alpha value is -0.570. The van der Waals surface area contributed by atoms with Crippen molar-refractivity contribution in [3.8, 4) is 0 Å². The lowest BCUT2D eigenvalue weighted by Gasteiger charge is -2.31. The number of carboxylic acids is 1. The van der Waals surface area contributed by atoms with Crippen molar-refractivity contribution in [2.45, 2.75) is 44.9 Å². The summed E-state index contributed by atoms with van der Waals surface area (Å²) in [5.74, 6) is -0.285. The van der Waals surface area contributed by atoms with Gasteiger partial charge in [-0.25, -0.2) is 0 Å². The van der Waals surface area contributed by atoms with E-state index in [1.807, 2.05) is 0 Å². The number of aliphatic carboxylic acids is 1. The van der Waals surface area contributed by atoms with Gasteiger partial charge in [-0.05, 0) is 25.2 Å². The predicted octanol–water partition coefficient (Wildman–Crippen LogP) is 2.45. The van der Waals surface area contributed by atoms with Crippen LogP contribution in [0.4, 0.5) is 0 Å². The summed E-state index contributed by atoms with van der Waals surface area (Å²) in [4.78, 5) is 11.5. The molecule has 3 nitrogen and oxygen atoms in total. The molecule has 15 heavy (non-hydrogen) atoms. The van der Waals surface area contributed by atoms with E-state index in [0.29, 0.717) is 25.6 Å². The van der Waals surface area contributed by atoms with Crippen molar-refractivity contribution in [3.05, 3.63) is 0 Å². The van der Waals surface area contributed by atoms with Gasteiger partial charge in [-0.2, -0.15) is 0 Å².